The van der Waals surface area contributed by atoms with Gasteiger partial charge in [0, 0.05) is 17.7 Å². The van der Waals surface area contributed by atoms with Crippen LogP contribution in [0.2, 0.25) is 0 Å². The van der Waals surface area contributed by atoms with Crippen molar-refractivity contribution < 1.29 is 14.3 Å². The Labute approximate surface area is 134 Å². The van der Waals surface area contributed by atoms with E-state index in [1.807, 2.05) is 42.5 Å². The zero-order valence-corrected chi connectivity index (χ0v) is 12.5. The van der Waals surface area contributed by atoms with Crippen molar-refractivity contribution in [2.75, 3.05) is 6.54 Å². The van der Waals surface area contributed by atoms with Crippen LogP contribution < -0.4 is 5.32 Å². The van der Waals surface area contributed by atoms with E-state index in [-0.39, 0.29) is 12.5 Å². The van der Waals surface area contributed by atoms with Gasteiger partial charge in [0.15, 0.2) is 0 Å². The molecule has 0 spiro atoms. The molecular weight excluding hydrogens is 290 g/mol. The largest absolute Gasteiger partial charge is 0.472 e. The third kappa shape index (κ3) is 3.67. The van der Waals surface area contributed by atoms with Crippen molar-refractivity contribution in [3.05, 3.63) is 84.3 Å². The number of hydrogen-bond donors (Lipinski definition) is 2. The molecule has 1 aromatic heterocycles. The van der Waals surface area contributed by atoms with Gasteiger partial charge in [0.25, 0.3) is 5.91 Å². The fraction of sp³-hybridized carbons (Fsp3) is 0.105. The summed E-state index contributed by atoms with van der Waals surface area (Å²) < 4.78 is 4.91. The van der Waals surface area contributed by atoms with Crippen LogP contribution in [-0.4, -0.2) is 17.6 Å². The summed E-state index contributed by atoms with van der Waals surface area (Å²) in [6, 6.07) is 19.0. The first kappa shape index (κ1) is 15.1. The quantitative estimate of drug-likeness (QED) is 0.759. The second-order valence-corrected chi connectivity index (χ2v) is 5.23. The lowest BCUT2D eigenvalue weighted by atomic mass is 10.0. The van der Waals surface area contributed by atoms with Gasteiger partial charge in [-0.25, -0.2) is 0 Å². The normalized spacial score (nSPS) is 11.9. The van der Waals surface area contributed by atoms with Gasteiger partial charge in [0.2, 0.25) is 0 Å². The Morgan fingerprint density at radius 3 is 2.35 bits per heavy atom. The van der Waals surface area contributed by atoms with E-state index in [0.29, 0.717) is 11.1 Å². The van der Waals surface area contributed by atoms with E-state index >= 15 is 0 Å². The second kappa shape index (κ2) is 6.94. The fourth-order valence-corrected chi connectivity index (χ4v) is 2.32. The van der Waals surface area contributed by atoms with Crippen LogP contribution in [0, 0.1) is 0 Å². The molecule has 1 heterocycles. The highest BCUT2D eigenvalue weighted by atomic mass is 16.3. The van der Waals surface area contributed by atoms with Gasteiger partial charge < -0.3 is 14.8 Å². The average molecular weight is 307 g/mol. The minimum absolute atomic E-state index is 0.138. The number of benzene rings is 2. The fourth-order valence-electron chi connectivity index (χ4n) is 2.32. The Hall–Kier alpha value is -2.85. The van der Waals surface area contributed by atoms with E-state index in [2.05, 4.69) is 5.32 Å². The van der Waals surface area contributed by atoms with Crippen LogP contribution in [0.25, 0.3) is 11.1 Å². The average Bonchev–Trinajstić information content (AvgIpc) is 3.15. The number of carbonyl (C=O) groups is 1. The molecule has 0 fully saturated rings. The molecule has 0 bridgehead atoms. The summed E-state index contributed by atoms with van der Waals surface area (Å²) in [5.74, 6) is -0.216. The minimum atomic E-state index is -0.777. The number of furan rings is 1. The number of aliphatic hydroxyl groups is 1. The number of carbonyl (C=O) groups excluding carboxylic acids is 1. The number of amides is 1. The van der Waals surface area contributed by atoms with E-state index in [4.69, 9.17) is 4.42 Å². The van der Waals surface area contributed by atoms with Crippen LogP contribution in [0.5, 0.6) is 0 Å². The topological polar surface area (TPSA) is 62.5 Å². The van der Waals surface area contributed by atoms with Crippen LogP contribution in [-0.2, 0) is 0 Å². The Morgan fingerprint density at radius 1 is 1.00 bits per heavy atom. The number of nitrogens with one attached hydrogen (secondary N) is 1. The first-order valence-electron chi connectivity index (χ1n) is 7.38. The van der Waals surface area contributed by atoms with Crippen molar-refractivity contribution in [1.29, 1.82) is 0 Å². The van der Waals surface area contributed by atoms with Crippen molar-refractivity contribution in [1.82, 2.24) is 5.32 Å². The monoisotopic (exact) mass is 307 g/mol. The molecule has 116 valence electrons. The van der Waals surface area contributed by atoms with Gasteiger partial charge in [-0.15, -0.1) is 0 Å². The van der Waals surface area contributed by atoms with Gasteiger partial charge in [-0.05, 0) is 29.3 Å². The number of aliphatic hydroxyl groups excluding tert-OH is 1. The summed E-state index contributed by atoms with van der Waals surface area (Å²) in [6.45, 7) is 0.138. The highest BCUT2D eigenvalue weighted by Gasteiger charge is 2.11. The lowest BCUT2D eigenvalue weighted by Gasteiger charge is -2.10. The highest BCUT2D eigenvalue weighted by molar-refractivity contribution is 5.94. The van der Waals surface area contributed by atoms with Crippen molar-refractivity contribution in [3.8, 4) is 11.1 Å². The molecule has 0 saturated heterocycles. The molecule has 0 unspecified atom stereocenters. The Kier molecular flexibility index (Phi) is 4.54. The van der Waals surface area contributed by atoms with Gasteiger partial charge in [-0.2, -0.15) is 0 Å². The van der Waals surface area contributed by atoms with Gasteiger partial charge in [-0.1, -0.05) is 42.5 Å². The van der Waals surface area contributed by atoms with Gasteiger partial charge in [0.05, 0.1) is 18.6 Å². The maximum atomic E-state index is 12.1. The van der Waals surface area contributed by atoms with Gasteiger partial charge >= 0.3 is 0 Å². The predicted octanol–water partition coefficient (Wildman–Crippen LogP) is 3.41. The predicted molar refractivity (Wildman–Crippen MR) is 87.9 cm³/mol. The summed E-state index contributed by atoms with van der Waals surface area (Å²) in [6.07, 6.45) is 2.18. The van der Waals surface area contributed by atoms with E-state index in [0.717, 1.165) is 11.1 Å². The Morgan fingerprint density at radius 2 is 1.70 bits per heavy atom. The van der Waals surface area contributed by atoms with Crippen LogP contribution in [0.4, 0.5) is 0 Å². The smallest absolute Gasteiger partial charge is 0.251 e. The first-order chi connectivity index (χ1) is 11.2. The molecule has 3 rings (SSSR count). The van der Waals surface area contributed by atoms with Crippen molar-refractivity contribution in [3.63, 3.8) is 0 Å². The van der Waals surface area contributed by atoms with E-state index in [9.17, 15) is 9.90 Å². The molecule has 0 aliphatic heterocycles. The summed E-state index contributed by atoms with van der Waals surface area (Å²) in [4.78, 5) is 12.1. The van der Waals surface area contributed by atoms with Crippen LogP contribution in [0.15, 0.2) is 77.6 Å². The van der Waals surface area contributed by atoms with Gasteiger partial charge in [-0.3, -0.25) is 4.79 Å². The third-order valence-electron chi connectivity index (χ3n) is 3.64. The number of rotatable bonds is 5. The van der Waals surface area contributed by atoms with E-state index in [1.165, 1.54) is 12.5 Å². The molecule has 4 heteroatoms. The third-order valence-corrected chi connectivity index (χ3v) is 3.64. The summed E-state index contributed by atoms with van der Waals surface area (Å²) >= 11 is 0. The van der Waals surface area contributed by atoms with Crippen LogP contribution in [0.1, 0.15) is 22.0 Å². The molecule has 0 aliphatic rings. The molecule has 3 aromatic rings. The van der Waals surface area contributed by atoms with Crippen molar-refractivity contribution >= 4 is 5.91 Å². The zero-order chi connectivity index (χ0) is 16.1. The maximum absolute atomic E-state index is 12.1. The molecule has 1 amide bonds. The SMILES string of the molecule is O=C(NC[C@@H](O)c1ccoc1)c1ccc(-c2ccccc2)cc1. The standard InChI is InChI=1S/C19H17NO3/c21-18(17-10-11-23-13-17)12-20-19(22)16-8-6-15(7-9-16)14-4-2-1-3-5-14/h1-11,13,18,21H,12H2,(H,20,22)/t18-/m1/s1. The second-order valence-electron chi connectivity index (χ2n) is 5.23. The molecule has 23 heavy (non-hydrogen) atoms. The molecule has 2 N–H and O–H groups in total. The molecule has 2 aromatic carbocycles. The molecule has 0 radical (unpaired) electrons. The Bertz CT molecular complexity index is 749. The van der Waals surface area contributed by atoms with Crippen LogP contribution in [0.3, 0.4) is 0 Å². The zero-order valence-electron chi connectivity index (χ0n) is 12.5. The molecular formula is C19H17NO3. The van der Waals surface area contributed by atoms with Crippen molar-refractivity contribution in [2.24, 2.45) is 0 Å². The van der Waals surface area contributed by atoms with Crippen molar-refractivity contribution in [2.45, 2.75) is 6.10 Å². The summed E-state index contributed by atoms with van der Waals surface area (Å²) in [5, 5.41) is 12.6. The molecule has 0 aliphatic carbocycles. The molecule has 1 atom stereocenters. The minimum Gasteiger partial charge on any atom is -0.472 e. The first-order valence-corrected chi connectivity index (χ1v) is 7.38. The lowest BCUT2D eigenvalue weighted by Crippen LogP contribution is -2.28. The van der Waals surface area contributed by atoms with Gasteiger partial charge in [0.1, 0.15) is 0 Å². The summed E-state index contributed by atoms with van der Waals surface area (Å²) in [5.41, 5.74) is 3.37. The Balaban J connectivity index is 1.62. The molecule has 4 nitrogen and oxygen atoms in total. The van der Waals surface area contributed by atoms with Crippen LogP contribution >= 0.6 is 0 Å². The summed E-state index contributed by atoms with van der Waals surface area (Å²) in [7, 11) is 0. The molecule has 0 saturated carbocycles. The highest BCUT2D eigenvalue weighted by Crippen LogP contribution is 2.19. The van der Waals surface area contributed by atoms with E-state index < -0.39 is 6.10 Å². The number of hydrogen-bond acceptors (Lipinski definition) is 3. The van der Waals surface area contributed by atoms with E-state index in [1.54, 1.807) is 18.2 Å². The maximum Gasteiger partial charge on any atom is 0.251 e. The lowest BCUT2D eigenvalue weighted by molar-refractivity contribution is 0.0916.